The smallest absolute Gasteiger partial charge is 0.327 e. The lowest BCUT2D eigenvalue weighted by atomic mass is 10.3. The fourth-order valence-electron chi connectivity index (χ4n) is 2.01. The topological polar surface area (TPSA) is 113 Å². The first kappa shape index (κ1) is 17.7. The zero-order valence-corrected chi connectivity index (χ0v) is 13.1. The van der Waals surface area contributed by atoms with Gasteiger partial charge in [0, 0.05) is 13.1 Å². The number of morpholine rings is 1. The average molecular weight is 322 g/mol. The predicted molar refractivity (Wildman–Crippen MR) is 75.8 cm³/mol. The summed E-state index contributed by atoms with van der Waals surface area (Å²) in [7, 11) is -3.54. The number of carbonyl (C=O) groups is 2. The molecular weight excluding hydrogens is 300 g/mol. The van der Waals surface area contributed by atoms with E-state index in [0.29, 0.717) is 26.3 Å². The van der Waals surface area contributed by atoms with Crippen LogP contribution in [0.15, 0.2) is 0 Å². The van der Waals surface area contributed by atoms with E-state index < -0.39 is 33.6 Å². The van der Waals surface area contributed by atoms with Gasteiger partial charge in [-0.05, 0) is 5.92 Å². The van der Waals surface area contributed by atoms with E-state index in [0.717, 1.165) is 0 Å². The number of carboxylic acids is 1. The van der Waals surface area contributed by atoms with Gasteiger partial charge in [0.25, 0.3) is 0 Å². The largest absolute Gasteiger partial charge is 0.480 e. The minimum absolute atomic E-state index is 0.0978. The van der Waals surface area contributed by atoms with Gasteiger partial charge in [-0.3, -0.25) is 0 Å². The third-order valence-electron chi connectivity index (χ3n) is 2.90. The Kier molecular flexibility index (Phi) is 6.41. The van der Waals surface area contributed by atoms with Gasteiger partial charge in [-0.2, -0.15) is 0 Å². The maximum Gasteiger partial charge on any atom is 0.327 e. The Morgan fingerprint density at radius 2 is 1.81 bits per heavy atom. The number of amides is 2. The number of aliphatic carboxylic acids is 1. The van der Waals surface area contributed by atoms with Crippen LogP contribution in [0, 0.1) is 5.92 Å². The van der Waals surface area contributed by atoms with Crippen LogP contribution in [0.3, 0.4) is 0 Å². The highest BCUT2D eigenvalue weighted by atomic mass is 32.2. The molecule has 1 heterocycles. The van der Waals surface area contributed by atoms with Crippen molar-refractivity contribution < 1.29 is 27.9 Å². The van der Waals surface area contributed by atoms with E-state index in [9.17, 15) is 18.0 Å². The SMILES string of the molecule is CC(C)CS(=O)(=O)CC(NC(=O)N1CCOCC1)C(=O)O. The quantitative estimate of drug-likeness (QED) is 0.685. The van der Waals surface area contributed by atoms with Crippen LogP contribution in [0.1, 0.15) is 13.8 Å². The molecule has 0 bridgehead atoms. The third-order valence-corrected chi connectivity index (χ3v) is 4.92. The van der Waals surface area contributed by atoms with Crippen LogP contribution in [-0.2, 0) is 19.4 Å². The number of urea groups is 1. The van der Waals surface area contributed by atoms with Gasteiger partial charge in [0.05, 0.1) is 24.7 Å². The summed E-state index contributed by atoms with van der Waals surface area (Å²) < 4.78 is 28.8. The molecule has 122 valence electrons. The van der Waals surface area contributed by atoms with Crippen molar-refractivity contribution in [1.29, 1.82) is 0 Å². The van der Waals surface area contributed by atoms with Gasteiger partial charge >= 0.3 is 12.0 Å². The molecule has 1 atom stereocenters. The minimum atomic E-state index is -3.54. The van der Waals surface area contributed by atoms with Gasteiger partial charge in [0.15, 0.2) is 9.84 Å². The number of rotatable bonds is 6. The van der Waals surface area contributed by atoms with Gasteiger partial charge in [-0.15, -0.1) is 0 Å². The van der Waals surface area contributed by atoms with E-state index in [4.69, 9.17) is 9.84 Å². The lowest BCUT2D eigenvalue weighted by molar-refractivity contribution is -0.138. The average Bonchev–Trinajstić information content (AvgIpc) is 2.36. The molecular formula is C12H22N2O6S. The zero-order chi connectivity index (χ0) is 16.0. The predicted octanol–water partition coefficient (Wildman–Crippen LogP) is -0.448. The van der Waals surface area contributed by atoms with Crippen molar-refractivity contribution in [2.75, 3.05) is 37.8 Å². The van der Waals surface area contributed by atoms with E-state index in [-0.39, 0.29) is 11.7 Å². The van der Waals surface area contributed by atoms with Gasteiger partial charge in [0.2, 0.25) is 0 Å². The summed E-state index contributed by atoms with van der Waals surface area (Å²) in [4.78, 5) is 24.5. The Balaban J connectivity index is 2.65. The molecule has 9 heteroatoms. The number of carboxylic acid groups (broad SMARTS) is 1. The summed E-state index contributed by atoms with van der Waals surface area (Å²) in [6, 6.07) is -2.02. The third kappa shape index (κ3) is 6.30. The first-order valence-electron chi connectivity index (χ1n) is 6.77. The number of nitrogens with one attached hydrogen (secondary N) is 1. The van der Waals surface area contributed by atoms with Crippen molar-refractivity contribution in [2.24, 2.45) is 5.92 Å². The molecule has 2 amide bonds. The Labute approximate surface area is 124 Å². The van der Waals surface area contributed by atoms with Crippen LogP contribution >= 0.6 is 0 Å². The molecule has 0 aromatic rings. The fraction of sp³-hybridized carbons (Fsp3) is 0.833. The number of hydrogen-bond donors (Lipinski definition) is 2. The van der Waals surface area contributed by atoms with Gasteiger partial charge in [-0.25, -0.2) is 18.0 Å². The number of carbonyl (C=O) groups excluding carboxylic acids is 1. The highest BCUT2D eigenvalue weighted by Gasteiger charge is 2.29. The van der Waals surface area contributed by atoms with Gasteiger partial charge < -0.3 is 20.1 Å². The second kappa shape index (κ2) is 7.60. The monoisotopic (exact) mass is 322 g/mol. The van der Waals surface area contributed by atoms with E-state index in [1.165, 1.54) is 4.90 Å². The molecule has 0 aromatic heterocycles. The van der Waals surface area contributed by atoms with E-state index in [1.54, 1.807) is 13.8 Å². The molecule has 1 unspecified atom stereocenters. The molecule has 0 radical (unpaired) electrons. The number of nitrogens with zero attached hydrogens (tertiary/aromatic N) is 1. The van der Waals surface area contributed by atoms with Gasteiger partial charge in [0.1, 0.15) is 6.04 Å². The number of hydrogen-bond acceptors (Lipinski definition) is 5. The fourth-order valence-corrected chi connectivity index (χ4v) is 3.90. The first-order chi connectivity index (χ1) is 9.71. The Hall–Kier alpha value is -1.35. The molecule has 1 saturated heterocycles. The lowest BCUT2D eigenvalue weighted by Gasteiger charge is -2.28. The summed E-state index contributed by atoms with van der Waals surface area (Å²) in [6.45, 7) is 4.96. The second-order valence-corrected chi connectivity index (χ2v) is 7.56. The van der Waals surface area contributed by atoms with Crippen LogP contribution in [0.2, 0.25) is 0 Å². The van der Waals surface area contributed by atoms with Crippen LogP contribution in [-0.4, -0.2) is 74.3 Å². The van der Waals surface area contributed by atoms with Crippen molar-refractivity contribution in [3.63, 3.8) is 0 Å². The molecule has 1 rings (SSSR count). The molecule has 8 nitrogen and oxygen atoms in total. The zero-order valence-electron chi connectivity index (χ0n) is 12.2. The molecule has 1 fully saturated rings. The van der Waals surface area contributed by atoms with Crippen LogP contribution < -0.4 is 5.32 Å². The summed E-state index contributed by atoms with van der Waals surface area (Å²) in [5.74, 6) is -2.16. The normalized spacial score (nSPS) is 17.6. The minimum Gasteiger partial charge on any atom is -0.480 e. The molecule has 2 N–H and O–H groups in total. The summed E-state index contributed by atoms with van der Waals surface area (Å²) in [5.41, 5.74) is 0. The van der Waals surface area contributed by atoms with Gasteiger partial charge in [-0.1, -0.05) is 13.8 Å². The Bertz CT molecular complexity index is 470. The molecule has 0 aliphatic carbocycles. The van der Waals surface area contributed by atoms with E-state index >= 15 is 0 Å². The van der Waals surface area contributed by atoms with Crippen molar-refractivity contribution in [3.8, 4) is 0 Å². The lowest BCUT2D eigenvalue weighted by Crippen LogP contribution is -2.53. The summed E-state index contributed by atoms with van der Waals surface area (Å²) >= 11 is 0. The highest BCUT2D eigenvalue weighted by Crippen LogP contribution is 2.05. The second-order valence-electron chi connectivity index (χ2n) is 5.41. The van der Waals surface area contributed by atoms with Crippen molar-refractivity contribution in [3.05, 3.63) is 0 Å². The Morgan fingerprint density at radius 1 is 1.24 bits per heavy atom. The summed E-state index contributed by atoms with van der Waals surface area (Å²) in [5, 5.41) is 11.4. The molecule has 1 aliphatic heterocycles. The first-order valence-corrected chi connectivity index (χ1v) is 8.60. The summed E-state index contributed by atoms with van der Waals surface area (Å²) in [6.07, 6.45) is 0. The van der Waals surface area contributed by atoms with Crippen LogP contribution in [0.4, 0.5) is 4.79 Å². The number of ether oxygens (including phenoxy) is 1. The van der Waals surface area contributed by atoms with E-state index in [1.807, 2.05) is 0 Å². The maximum absolute atomic E-state index is 11.9. The molecule has 0 aromatic carbocycles. The van der Waals surface area contributed by atoms with Crippen molar-refractivity contribution >= 4 is 21.8 Å². The molecule has 0 saturated carbocycles. The maximum atomic E-state index is 11.9. The van der Waals surface area contributed by atoms with Crippen molar-refractivity contribution in [1.82, 2.24) is 10.2 Å². The molecule has 0 spiro atoms. The number of sulfone groups is 1. The Morgan fingerprint density at radius 3 is 2.29 bits per heavy atom. The highest BCUT2D eigenvalue weighted by molar-refractivity contribution is 7.91. The molecule has 1 aliphatic rings. The van der Waals surface area contributed by atoms with Crippen LogP contribution in [0.5, 0.6) is 0 Å². The van der Waals surface area contributed by atoms with Crippen LogP contribution in [0.25, 0.3) is 0 Å². The standard InChI is InChI=1S/C12H22N2O6S/c1-9(2)7-21(18,19)8-10(11(15)16)13-12(17)14-3-5-20-6-4-14/h9-10H,3-8H2,1-2H3,(H,13,17)(H,15,16). The van der Waals surface area contributed by atoms with E-state index in [2.05, 4.69) is 5.32 Å². The molecule has 21 heavy (non-hydrogen) atoms. The van der Waals surface area contributed by atoms with Crippen molar-refractivity contribution in [2.45, 2.75) is 19.9 Å².